The predicted molar refractivity (Wildman–Crippen MR) is 61.1 cm³/mol. The van der Waals surface area contributed by atoms with Crippen molar-refractivity contribution in [3.8, 4) is 0 Å². The maximum Gasteiger partial charge on any atom is 0.0354 e. The van der Waals surface area contributed by atoms with Gasteiger partial charge in [-0.3, -0.25) is 0 Å². The highest BCUT2D eigenvalue weighted by Gasteiger charge is 2.50. The molecule has 0 radical (unpaired) electrons. The molecule has 0 heterocycles. The van der Waals surface area contributed by atoms with Crippen LogP contribution in [-0.4, -0.2) is 0 Å². The number of rotatable bonds is 0. The SMILES string of the molecule is NC1c2ccc(Br)cc2CCC12CC2. The van der Waals surface area contributed by atoms with Crippen LogP contribution in [0, 0.1) is 5.41 Å². The summed E-state index contributed by atoms with van der Waals surface area (Å²) in [4.78, 5) is 0. The van der Waals surface area contributed by atoms with Gasteiger partial charge >= 0.3 is 0 Å². The molecule has 0 amide bonds. The van der Waals surface area contributed by atoms with Gasteiger partial charge in [0, 0.05) is 10.5 Å². The average molecular weight is 252 g/mol. The van der Waals surface area contributed by atoms with Gasteiger partial charge < -0.3 is 5.73 Å². The van der Waals surface area contributed by atoms with Gasteiger partial charge in [-0.2, -0.15) is 0 Å². The highest BCUT2D eigenvalue weighted by molar-refractivity contribution is 9.10. The number of halogens is 1. The first-order valence-electron chi connectivity index (χ1n) is 5.25. The lowest BCUT2D eigenvalue weighted by Crippen LogP contribution is -2.28. The molecule has 1 aromatic carbocycles. The zero-order chi connectivity index (χ0) is 9.76. The van der Waals surface area contributed by atoms with Crippen molar-refractivity contribution >= 4 is 15.9 Å². The van der Waals surface area contributed by atoms with Crippen LogP contribution in [0.15, 0.2) is 22.7 Å². The van der Waals surface area contributed by atoms with E-state index >= 15 is 0 Å². The van der Waals surface area contributed by atoms with Crippen LogP contribution in [0.4, 0.5) is 0 Å². The van der Waals surface area contributed by atoms with Crippen LogP contribution in [0.2, 0.25) is 0 Å². The number of nitrogens with two attached hydrogens (primary N) is 1. The Morgan fingerprint density at radius 1 is 1.29 bits per heavy atom. The summed E-state index contributed by atoms with van der Waals surface area (Å²) in [6.07, 6.45) is 5.17. The number of hydrogen-bond donors (Lipinski definition) is 1. The lowest BCUT2D eigenvalue weighted by atomic mass is 9.78. The van der Waals surface area contributed by atoms with Crippen molar-refractivity contribution in [2.45, 2.75) is 31.7 Å². The minimum absolute atomic E-state index is 0.291. The van der Waals surface area contributed by atoms with E-state index in [1.807, 2.05) is 0 Å². The van der Waals surface area contributed by atoms with Crippen molar-refractivity contribution in [1.29, 1.82) is 0 Å². The molecule has 0 aromatic heterocycles. The first-order valence-corrected chi connectivity index (χ1v) is 6.04. The van der Waals surface area contributed by atoms with E-state index in [4.69, 9.17) is 5.73 Å². The summed E-state index contributed by atoms with van der Waals surface area (Å²) in [5.41, 5.74) is 9.64. The van der Waals surface area contributed by atoms with E-state index in [1.165, 1.54) is 41.3 Å². The van der Waals surface area contributed by atoms with Crippen molar-refractivity contribution in [3.63, 3.8) is 0 Å². The second-order valence-electron chi connectivity index (χ2n) is 4.68. The van der Waals surface area contributed by atoms with E-state index in [-0.39, 0.29) is 0 Å². The molecule has 1 fully saturated rings. The molecular weight excluding hydrogens is 238 g/mol. The number of benzene rings is 1. The summed E-state index contributed by atoms with van der Waals surface area (Å²) in [5, 5.41) is 0. The molecule has 0 aliphatic heterocycles. The Bertz CT molecular complexity index is 382. The lowest BCUT2D eigenvalue weighted by molar-refractivity contribution is 0.354. The minimum atomic E-state index is 0.291. The number of aryl methyl sites for hydroxylation is 1. The Hall–Kier alpha value is -0.340. The molecule has 1 unspecified atom stereocenters. The van der Waals surface area contributed by atoms with E-state index in [9.17, 15) is 0 Å². The largest absolute Gasteiger partial charge is 0.323 e. The summed E-state index contributed by atoms with van der Waals surface area (Å²) in [6.45, 7) is 0. The first-order chi connectivity index (χ1) is 6.71. The van der Waals surface area contributed by atoms with Crippen LogP contribution in [0.25, 0.3) is 0 Å². The quantitative estimate of drug-likeness (QED) is 0.754. The molecule has 1 saturated carbocycles. The molecule has 2 aliphatic rings. The van der Waals surface area contributed by atoms with Gasteiger partial charge in [-0.25, -0.2) is 0 Å². The van der Waals surface area contributed by atoms with Crippen molar-refractivity contribution in [2.24, 2.45) is 11.1 Å². The van der Waals surface area contributed by atoms with E-state index in [2.05, 4.69) is 34.1 Å². The molecule has 1 atom stereocenters. The molecule has 14 heavy (non-hydrogen) atoms. The van der Waals surface area contributed by atoms with Gasteiger partial charge in [0.2, 0.25) is 0 Å². The molecule has 1 spiro atoms. The molecule has 2 aliphatic carbocycles. The lowest BCUT2D eigenvalue weighted by Gasteiger charge is -2.31. The van der Waals surface area contributed by atoms with Gasteiger partial charge in [0.25, 0.3) is 0 Å². The second-order valence-corrected chi connectivity index (χ2v) is 5.60. The van der Waals surface area contributed by atoms with E-state index in [1.54, 1.807) is 0 Å². The van der Waals surface area contributed by atoms with Crippen molar-refractivity contribution < 1.29 is 0 Å². The zero-order valence-electron chi connectivity index (χ0n) is 8.09. The standard InChI is InChI=1S/C12H14BrN/c13-9-1-2-10-8(7-9)3-4-12(5-6-12)11(10)14/h1-2,7,11H,3-6,14H2. The first kappa shape index (κ1) is 8.93. The maximum absolute atomic E-state index is 6.32. The second kappa shape index (κ2) is 2.83. The van der Waals surface area contributed by atoms with Gasteiger partial charge in [-0.1, -0.05) is 22.0 Å². The summed E-state index contributed by atoms with van der Waals surface area (Å²) in [6, 6.07) is 6.83. The van der Waals surface area contributed by atoms with Crippen LogP contribution in [-0.2, 0) is 6.42 Å². The van der Waals surface area contributed by atoms with Gasteiger partial charge in [-0.05, 0) is 54.4 Å². The zero-order valence-corrected chi connectivity index (χ0v) is 9.68. The van der Waals surface area contributed by atoms with Crippen molar-refractivity contribution in [1.82, 2.24) is 0 Å². The Morgan fingerprint density at radius 3 is 2.79 bits per heavy atom. The van der Waals surface area contributed by atoms with E-state index in [0.717, 1.165) is 0 Å². The summed E-state index contributed by atoms with van der Waals surface area (Å²) in [5.74, 6) is 0. The third-order valence-corrected chi connectivity index (χ3v) is 4.38. The minimum Gasteiger partial charge on any atom is -0.323 e. The van der Waals surface area contributed by atoms with Crippen molar-refractivity contribution in [2.75, 3.05) is 0 Å². The molecule has 2 heteroatoms. The van der Waals surface area contributed by atoms with E-state index in [0.29, 0.717) is 11.5 Å². The van der Waals surface area contributed by atoms with E-state index < -0.39 is 0 Å². The fraction of sp³-hybridized carbons (Fsp3) is 0.500. The fourth-order valence-corrected chi connectivity index (χ4v) is 3.09. The molecule has 74 valence electrons. The monoisotopic (exact) mass is 251 g/mol. The van der Waals surface area contributed by atoms with Gasteiger partial charge in [-0.15, -0.1) is 0 Å². The summed E-state index contributed by atoms with van der Waals surface area (Å²) in [7, 11) is 0. The van der Waals surface area contributed by atoms with Crippen LogP contribution in [0.3, 0.4) is 0 Å². The van der Waals surface area contributed by atoms with Gasteiger partial charge in [0.05, 0.1) is 0 Å². The normalized spacial score (nSPS) is 27.4. The Morgan fingerprint density at radius 2 is 2.07 bits per heavy atom. The third kappa shape index (κ3) is 1.17. The highest BCUT2D eigenvalue weighted by atomic mass is 79.9. The van der Waals surface area contributed by atoms with Gasteiger partial charge in [0.1, 0.15) is 0 Å². The van der Waals surface area contributed by atoms with Crippen LogP contribution in [0.1, 0.15) is 36.4 Å². The molecule has 1 aromatic rings. The molecule has 3 rings (SSSR count). The van der Waals surface area contributed by atoms with Gasteiger partial charge in [0.15, 0.2) is 0 Å². The maximum atomic E-state index is 6.32. The van der Waals surface area contributed by atoms with Crippen molar-refractivity contribution in [3.05, 3.63) is 33.8 Å². The molecule has 0 bridgehead atoms. The molecule has 2 N–H and O–H groups in total. The number of hydrogen-bond acceptors (Lipinski definition) is 1. The fourth-order valence-electron chi connectivity index (χ4n) is 2.68. The Labute approximate surface area is 92.8 Å². The molecule has 1 nitrogen and oxygen atoms in total. The summed E-state index contributed by atoms with van der Waals surface area (Å²) >= 11 is 3.51. The molecule has 0 saturated heterocycles. The third-order valence-electron chi connectivity index (χ3n) is 3.88. The average Bonchev–Trinajstić information content (AvgIpc) is 2.93. The van der Waals surface area contributed by atoms with Crippen LogP contribution in [0.5, 0.6) is 0 Å². The molecular formula is C12H14BrN. The predicted octanol–water partition coefficient (Wildman–Crippen LogP) is 3.18. The topological polar surface area (TPSA) is 26.0 Å². The summed E-state index contributed by atoms with van der Waals surface area (Å²) < 4.78 is 1.18. The number of fused-ring (bicyclic) bond motifs is 1. The van der Waals surface area contributed by atoms with Crippen LogP contribution < -0.4 is 5.73 Å². The Balaban J connectivity index is 2.07. The Kier molecular flexibility index (Phi) is 1.80. The van der Waals surface area contributed by atoms with Crippen LogP contribution >= 0.6 is 15.9 Å². The highest BCUT2D eigenvalue weighted by Crippen LogP contribution is 2.59. The smallest absolute Gasteiger partial charge is 0.0354 e.